The normalized spacial score (nSPS) is 11.2. The molecule has 3 N–H and O–H groups in total. The average Bonchev–Trinajstić information content (AvgIpc) is 2.70. The zero-order chi connectivity index (χ0) is 20.6. The molecule has 0 bridgehead atoms. The SMILES string of the molecule is CCNC(=NCc1ccc(OCCO)c(OC)c1)NCCN(C)CCCOC.I. The number of nitrogens with zero attached hydrogens (tertiary/aromatic N) is 2. The molecule has 0 aromatic heterocycles. The van der Waals surface area contributed by atoms with Crippen molar-refractivity contribution < 1.29 is 19.3 Å². The van der Waals surface area contributed by atoms with E-state index >= 15 is 0 Å². The molecule has 0 unspecified atom stereocenters. The van der Waals surface area contributed by atoms with Crippen molar-refractivity contribution in [3.05, 3.63) is 23.8 Å². The van der Waals surface area contributed by atoms with Gasteiger partial charge in [-0.2, -0.15) is 0 Å². The summed E-state index contributed by atoms with van der Waals surface area (Å²) < 4.78 is 15.9. The smallest absolute Gasteiger partial charge is 0.191 e. The summed E-state index contributed by atoms with van der Waals surface area (Å²) in [5.41, 5.74) is 1.02. The minimum absolute atomic E-state index is 0. The predicted octanol–water partition coefficient (Wildman–Crippen LogP) is 1.71. The molecule has 0 fully saturated rings. The van der Waals surface area contributed by atoms with E-state index < -0.39 is 0 Å². The monoisotopic (exact) mass is 524 g/mol. The van der Waals surface area contributed by atoms with E-state index in [0.717, 1.165) is 50.7 Å². The van der Waals surface area contributed by atoms with Gasteiger partial charge in [0.25, 0.3) is 0 Å². The van der Waals surface area contributed by atoms with Gasteiger partial charge in [0.15, 0.2) is 17.5 Å². The van der Waals surface area contributed by atoms with E-state index in [9.17, 15) is 0 Å². The highest BCUT2D eigenvalue weighted by atomic mass is 127. The van der Waals surface area contributed by atoms with Crippen molar-refractivity contribution in [2.24, 2.45) is 4.99 Å². The maximum absolute atomic E-state index is 8.89. The quantitative estimate of drug-likeness (QED) is 0.148. The topological polar surface area (TPSA) is 87.6 Å². The first kappa shape index (κ1) is 27.7. The lowest BCUT2D eigenvalue weighted by atomic mass is 10.2. The van der Waals surface area contributed by atoms with Crippen LogP contribution < -0.4 is 20.1 Å². The number of ether oxygens (including phenoxy) is 3. The van der Waals surface area contributed by atoms with Crippen molar-refractivity contribution in [2.75, 3.05) is 67.3 Å². The van der Waals surface area contributed by atoms with Gasteiger partial charge in [-0.3, -0.25) is 0 Å². The van der Waals surface area contributed by atoms with Gasteiger partial charge in [-0.05, 0) is 38.1 Å². The number of guanidine groups is 1. The summed E-state index contributed by atoms with van der Waals surface area (Å²) in [5.74, 6) is 2.04. The molecule has 0 saturated carbocycles. The molecule has 0 amide bonds. The molecule has 8 nitrogen and oxygen atoms in total. The van der Waals surface area contributed by atoms with E-state index in [-0.39, 0.29) is 37.2 Å². The number of nitrogens with one attached hydrogen (secondary N) is 2. The molecule has 0 aliphatic carbocycles. The first-order chi connectivity index (χ1) is 13.6. The number of hydrogen-bond donors (Lipinski definition) is 3. The van der Waals surface area contributed by atoms with Crippen molar-refractivity contribution in [3.8, 4) is 11.5 Å². The van der Waals surface area contributed by atoms with Gasteiger partial charge in [-0.15, -0.1) is 24.0 Å². The van der Waals surface area contributed by atoms with Crippen molar-refractivity contribution in [1.29, 1.82) is 0 Å². The molecule has 0 spiro atoms. The van der Waals surface area contributed by atoms with Crippen LogP contribution in [0.4, 0.5) is 0 Å². The van der Waals surface area contributed by atoms with Crippen LogP contribution in [0.3, 0.4) is 0 Å². The second-order valence-electron chi connectivity index (χ2n) is 6.33. The molecule has 0 aliphatic rings. The lowest BCUT2D eigenvalue weighted by Crippen LogP contribution is -2.41. The van der Waals surface area contributed by atoms with Crippen molar-refractivity contribution in [3.63, 3.8) is 0 Å². The largest absolute Gasteiger partial charge is 0.493 e. The van der Waals surface area contributed by atoms with Crippen molar-refractivity contribution >= 4 is 29.9 Å². The Kier molecular flexibility index (Phi) is 16.8. The van der Waals surface area contributed by atoms with E-state index in [1.54, 1.807) is 14.2 Å². The van der Waals surface area contributed by atoms with Crippen LogP contribution in [0.15, 0.2) is 23.2 Å². The second-order valence-corrected chi connectivity index (χ2v) is 6.33. The highest BCUT2D eigenvalue weighted by Crippen LogP contribution is 2.28. The summed E-state index contributed by atoms with van der Waals surface area (Å²) >= 11 is 0. The number of hydrogen-bond acceptors (Lipinski definition) is 6. The summed E-state index contributed by atoms with van der Waals surface area (Å²) in [5, 5.41) is 15.5. The summed E-state index contributed by atoms with van der Waals surface area (Å²) in [4.78, 5) is 6.91. The Balaban J connectivity index is 0.00000784. The highest BCUT2D eigenvalue weighted by Gasteiger charge is 2.06. The van der Waals surface area contributed by atoms with Gasteiger partial charge in [0.1, 0.15) is 6.61 Å². The number of likely N-dealkylation sites (N-methyl/N-ethyl adjacent to an activating group) is 1. The molecule has 0 saturated heterocycles. The van der Waals surface area contributed by atoms with E-state index in [4.69, 9.17) is 19.3 Å². The zero-order valence-electron chi connectivity index (χ0n) is 18.1. The van der Waals surface area contributed by atoms with Crippen LogP contribution in [0.2, 0.25) is 0 Å². The van der Waals surface area contributed by atoms with Gasteiger partial charge < -0.3 is 34.9 Å². The van der Waals surface area contributed by atoms with E-state index in [1.165, 1.54) is 0 Å². The minimum atomic E-state index is -0.0332. The fourth-order valence-corrected chi connectivity index (χ4v) is 2.55. The number of benzene rings is 1. The van der Waals surface area contributed by atoms with E-state index in [1.807, 2.05) is 25.1 Å². The molecular weight excluding hydrogens is 487 g/mol. The Labute approximate surface area is 192 Å². The average molecular weight is 524 g/mol. The third-order valence-corrected chi connectivity index (χ3v) is 4.02. The Morgan fingerprint density at radius 1 is 1.14 bits per heavy atom. The summed E-state index contributed by atoms with van der Waals surface area (Å²) in [6.45, 7) is 7.11. The second kappa shape index (κ2) is 17.5. The molecule has 0 aliphatic heterocycles. The fraction of sp³-hybridized carbons (Fsp3) is 0.650. The van der Waals surface area contributed by atoms with Gasteiger partial charge in [-0.25, -0.2) is 4.99 Å². The van der Waals surface area contributed by atoms with Crippen LogP contribution in [0.5, 0.6) is 11.5 Å². The molecular formula is C20H37IN4O4. The van der Waals surface area contributed by atoms with Crippen LogP contribution in [-0.4, -0.2) is 83.2 Å². The minimum Gasteiger partial charge on any atom is -0.493 e. The maximum Gasteiger partial charge on any atom is 0.191 e. The number of halogens is 1. The van der Waals surface area contributed by atoms with Crippen LogP contribution in [0, 0.1) is 0 Å². The van der Waals surface area contributed by atoms with Crippen LogP contribution in [0.25, 0.3) is 0 Å². The molecule has 1 aromatic carbocycles. The standard InChI is InChI=1S/C20H36N4O4.HI/c1-5-21-20(22-9-11-24(2)10-6-13-26-3)23-16-17-7-8-18(28-14-12-25)19(15-17)27-4;/h7-8,15,25H,5-6,9-14,16H2,1-4H3,(H2,21,22,23);1H. The summed E-state index contributed by atoms with van der Waals surface area (Å²) in [7, 11) is 5.43. The number of aliphatic hydroxyl groups excluding tert-OH is 1. The van der Waals surface area contributed by atoms with E-state index in [2.05, 4.69) is 27.6 Å². The predicted molar refractivity (Wildman–Crippen MR) is 128 cm³/mol. The molecule has 0 atom stereocenters. The molecule has 1 aromatic rings. The number of methoxy groups -OCH3 is 2. The van der Waals surface area contributed by atoms with Gasteiger partial charge in [0.05, 0.1) is 20.3 Å². The highest BCUT2D eigenvalue weighted by molar-refractivity contribution is 14.0. The molecule has 0 heterocycles. The van der Waals surface area contributed by atoms with Crippen molar-refractivity contribution in [2.45, 2.75) is 19.9 Å². The summed E-state index contributed by atoms with van der Waals surface area (Å²) in [6.07, 6.45) is 1.03. The fourth-order valence-electron chi connectivity index (χ4n) is 2.55. The molecule has 168 valence electrons. The van der Waals surface area contributed by atoms with E-state index in [0.29, 0.717) is 18.0 Å². The Morgan fingerprint density at radius 3 is 2.59 bits per heavy atom. The molecule has 1 rings (SSSR count). The van der Waals surface area contributed by atoms with Gasteiger partial charge in [-0.1, -0.05) is 6.07 Å². The van der Waals surface area contributed by atoms with Crippen LogP contribution in [0.1, 0.15) is 18.9 Å². The third kappa shape index (κ3) is 12.1. The van der Waals surface area contributed by atoms with Crippen LogP contribution >= 0.6 is 24.0 Å². The lowest BCUT2D eigenvalue weighted by molar-refractivity contribution is 0.180. The number of aliphatic imine (C=N–C) groups is 1. The molecule has 0 radical (unpaired) electrons. The van der Waals surface area contributed by atoms with Crippen molar-refractivity contribution in [1.82, 2.24) is 15.5 Å². The molecule has 29 heavy (non-hydrogen) atoms. The first-order valence-corrected chi connectivity index (χ1v) is 9.74. The van der Waals surface area contributed by atoms with Gasteiger partial charge in [0, 0.05) is 39.9 Å². The number of rotatable bonds is 14. The summed E-state index contributed by atoms with van der Waals surface area (Å²) in [6, 6.07) is 5.70. The molecule has 9 heteroatoms. The maximum atomic E-state index is 8.89. The van der Waals surface area contributed by atoms with Gasteiger partial charge >= 0.3 is 0 Å². The van der Waals surface area contributed by atoms with Crippen LogP contribution in [-0.2, 0) is 11.3 Å². The Bertz CT molecular complexity index is 575. The first-order valence-electron chi connectivity index (χ1n) is 9.74. The lowest BCUT2D eigenvalue weighted by Gasteiger charge is -2.18. The van der Waals surface area contributed by atoms with Gasteiger partial charge in [0.2, 0.25) is 0 Å². The number of aliphatic hydroxyl groups is 1. The zero-order valence-corrected chi connectivity index (χ0v) is 20.4. The Hall–Kier alpha value is -1.30. The Morgan fingerprint density at radius 2 is 1.93 bits per heavy atom. The third-order valence-electron chi connectivity index (χ3n) is 4.02.